The molecular weight excluding hydrogens is 188 g/mol. The van der Waals surface area contributed by atoms with Gasteiger partial charge in [-0.3, -0.25) is 4.79 Å². The number of hydrogen-bond donors (Lipinski definition) is 0. The number of imidazole rings is 1. The van der Waals surface area contributed by atoms with E-state index in [1.54, 1.807) is 6.20 Å². The standard InChI is InChI=1S/C12H12N2O/c1-14-7-6-13-12(14)8-10-2-4-11(9-15)5-3-10/h2-7,9H,8H2,1H3. The van der Waals surface area contributed by atoms with E-state index in [2.05, 4.69) is 4.98 Å². The zero-order valence-electron chi connectivity index (χ0n) is 8.55. The van der Waals surface area contributed by atoms with Gasteiger partial charge in [0.25, 0.3) is 0 Å². The number of hydrogen-bond acceptors (Lipinski definition) is 2. The second kappa shape index (κ2) is 4.09. The van der Waals surface area contributed by atoms with Gasteiger partial charge in [0.05, 0.1) is 0 Å². The largest absolute Gasteiger partial charge is 0.338 e. The van der Waals surface area contributed by atoms with E-state index in [0.717, 1.165) is 24.1 Å². The van der Waals surface area contributed by atoms with Gasteiger partial charge in [-0.1, -0.05) is 24.3 Å². The van der Waals surface area contributed by atoms with Gasteiger partial charge in [-0.15, -0.1) is 0 Å². The van der Waals surface area contributed by atoms with Crippen molar-refractivity contribution >= 4 is 6.29 Å². The highest BCUT2D eigenvalue weighted by molar-refractivity contribution is 5.74. The molecule has 0 atom stereocenters. The molecule has 76 valence electrons. The third-order valence-corrected chi connectivity index (χ3v) is 2.40. The number of rotatable bonds is 3. The molecule has 0 saturated carbocycles. The van der Waals surface area contributed by atoms with Crippen LogP contribution in [0.2, 0.25) is 0 Å². The highest BCUT2D eigenvalue weighted by Crippen LogP contribution is 2.08. The summed E-state index contributed by atoms with van der Waals surface area (Å²) in [6.07, 6.45) is 5.36. The van der Waals surface area contributed by atoms with Gasteiger partial charge in [-0.25, -0.2) is 4.98 Å². The van der Waals surface area contributed by atoms with Crippen LogP contribution in [0.15, 0.2) is 36.7 Å². The van der Waals surface area contributed by atoms with Crippen molar-refractivity contribution in [2.45, 2.75) is 6.42 Å². The molecule has 0 aliphatic carbocycles. The molecule has 0 saturated heterocycles. The zero-order chi connectivity index (χ0) is 10.7. The van der Waals surface area contributed by atoms with Gasteiger partial charge in [0, 0.05) is 31.4 Å². The zero-order valence-corrected chi connectivity index (χ0v) is 8.55. The molecule has 0 spiro atoms. The minimum atomic E-state index is 0.707. The van der Waals surface area contributed by atoms with E-state index in [0.29, 0.717) is 5.56 Å². The smallest absolute Gasteiger partial charge is 0.150 e. The number of carbonyl (C=O) groups excluding carboxylic acids is 1. The minimum absolute atomic E-state index is 0.707. The summed E-state index contributed by atoms with van der Waals surface area (Å²) in [6, 6.07) is 7.56. The summed E-state index contributed by atoms with van der Waals surface area (Å²) in [6.45, 7) is 0. The molecule has 0 N–H and O–H groups in total. The van der Waals surface area contributed by atoms with Crippen molar-refractivity contribution in [3.63, 3.8) is 0 Å². The van der Waals surface area contributed by atoms with Crippen LogP contribution in [0.3, 0.4) is 0 Å². The maximum atomic E-state index is 10.5. The average Bonchev–Trinajstić information content (AvgIpc) is 2.66. The fourth-order valence-electron chi connectivity index (χ4n) is 1.46. The maximum absolute atomic E-state index is 10.5. The Balaban J connectivity index is 2.18. The Morgan fingerprint density at radius 2 is 2.07 bits per heavy atom. The lowest BCUT2D eigenvalue weighted by atomic mass is 10.1. The van der Waals surface area contributed by atoms with E-state index in [1.807, 2.05) is 42.1 Å². The molecule has 0 amide bonds. The molecule has 1 aromatic heterocycles. The number of aromatic nitrogens is 2. The first-order chi connectivity index (χ1) is 7.29. The Morgan fingerprint density at radius 1 is 1.33 bits per heavy atom. The van der Waals surface area contributed by atoms with E-state index in [4.69, 9.17) is 0 Å². The second-order valence-electron chi connectivity index (χ2n) is 3.49. The van der Waals surface area contributed by atoms with Crippen LogP contribution in [0, 0.1) is 0 Å². The first kappa shape index (κ1) is 9.65. The van der Waals surface area contributed by atoms with Crippen LogP contribution >= 0.6 is 0 Å². The molecule has 0 unspecified atom stereocenters. The number of nitrogens with zero attached hydrogens (tertiary/aromatic N) is 2. The molecule has 3 heteroatoms. The molecular formula is C12H12N2O. The summed E-state index contributed by atoms with van der Waals surface area (Å²) >= 11 is 0. The van der Waals surface area contributed by atoms with E-state index in [1.165, 1.54) is 0 Å². The van der Waals surface area contributed by atoms with E-state index in [-0.39, 0.29) is 0 Å². The topological polar surface area (TPSA) is 34.9 Å². The molecule has 1 aromatic carbocycles. The quantitative estimate of drug-likeness (QED) is 0.708. The number of aryl methyl sites for hydroxylation is 1. The highest BCUT2D eigenvalue weighted by atomic mass is 16.1. The number of carbonyl (C=O) groups is 1. The highest BCUT2D eigenvalue weighted by Gasteiger charge is 2.00. The van der Waals surface area contributed by atoms with E-state index < -0.39 is 0 Å². The normalized spacial score (nSPS) is 10.2. The average molecular weight is 200 g/mol. The third kappa shape index (κ3) is 2.13. The van der Waals surface area contributed by atoms with Gasteiger partial charge in [-0.2, -0.15) is 0 Å². The SMILES string of the molecule is Cn1ccnc1Cc1ccc(C=O)cc1. The maximum Gasteiger partial charge on any atom is 0.150 e. The van der Waals surface area contributed by atoms with Crippen molar-refractivity contribution < 1.29 is 4.79 Å². The summed E-state index contributed by atoms with van der Waals surface area (Å²) in [4.78, 5) is 14.7. The van der Waals surface area contributed by atoms with Crippen molar-refractivity contribution in [3.8, 4) is 0 Å². The van der Waals surface area contributed by atoms with Crippen molar-refractivity contribution in [2.75, 3.05) is 0 Å². The van der Waals surface area contributed by atoms with Gasteiger partial charge in [0.2, 0.25) is 0 Å². The van der Waals surface area contributed by atoms with E-state index >= 15 is 0 Å². The van der Waals surface area contributed by atoms with Gasteiger partial charge >= 0.3 is 0 Å². The summed E-state index contributed by atoms with van der Waals surface area (Å²) in [5.74, 6) is 1.02. The molecule has 0 fully saturated rings. The Hall–Kier alpha value is -1.90. The fourth-order valence-corrected chi connectivity index (χ4v) is 1.46. The lowest BCUT2D eigenvalue weighted by Gasteiger charge is -2.02. The lowest BCUT2D eigenvalue weighted by Crippen LogP contribution is -1.98. The van der Waals surface area contributed by atoms with Crippen LogP contribution in [-0.2, 0) is 13.5 Å². The number of benzene rings is 1. The Kier molecular flexibility index (Phi) is 2.63. The predicted molar refractivity (Wildman–Crippen MR) is 57.8 cm³/mol. The summed E-state index contributed by atoms with van der Waals surface area (Å²) in [5, 5.41) is 0. The predicted octanol–water partition coefficient (Wildman–Crippen LogP) is 1.82. The monoisotopic (exact) mass is 200 g/mol. The molecule has 2 aromatic rings. The molecule has 0 bridgehead atoms. The lowest BCUT2D eigenvalue weighted by molar-refractivity contribution is 0.112. The molecule has 1 heterocycles. The second-order valence-corrected chi connectivity index (χ2v) is 3.49. The third-order valence-electron chi connectivity index (χ3n) is 2.40. The summed E-state index contributed by atoms with van der Waals surface area (Å²) in [5.41, 5.74) is 1.87. The van der Waals surface area contributed by atoms with Crippen molar-refractivity contribution in [1.29, 1.82) is 0 Å². The van der Waals surface area contributed by atoms with Gasteiger partial charge in [0.1, 0.15) is 12.1 Å². The van der Waals surface area contributed by atoms with Crippen LogP contribution in [0.5, 0.6) is 0 Å². The van der Waals surface area contributed by atoms with E-state index in [9.17, 15) is 4.79 Å². The van der Waals surface area contributed by atoms with Crippen molar-refractivity contribution in [1.82, 2.24) is 9.55 Å². The summed E-state index contributed by atoms with van der Waals surface area (Å²) in [7, 11) is 1.97. The minimum Gasteiger partial charge on any atom is -0.338 e. The van der Waals surface area contributed by atoms with Gasteiger partial charge in [-0.05, 0) is 5.56 Å². The summed E-state index contributed by atoms with van der Waals surface area (Å²) < 4.78 is 1.99. The Morgan fingerprint density at radius 3 is 2.60 bits per heavy atom. The van der Waals surface area contributed by atoms with Gasteiger partial charge in [0.15, 0.2) is 0 Å². The van der Waals surface area contributed by atoms with Crippen molar-refractivity contribution in [2.24, 2.45) is 7.05 Å². The van der Waals surface area contributed by atoms with Crippen molar-refractivity contribution in [3.05, 3.63) is 53.6 Å². The number of aldehydes is 1. The fraction of sp³-hybridized carbons (Fsp3) is 0.167. The molecule has 0 aliphatic rings. The molecule has 15 heavy (non-hydrogen) atoms. The molecule has 2 rings (SSSR count). The molecule has 0 radical (unpaired) electrons. The van der Waals surface area contributed by atoms with Crippen LogP contribution in [0.25, 0.3) is 0 Å². The van der Waals surface area contributed by atoms with Gasteiger partial charge < -0.3 is 4.57 Å². The molecule has 0 aliphatic heterocycles. The van der Waals surface area contributed by atoms with Crippen LogP contribution < -0.4 is 0 Å². The van der Waals surface area contributed by atoms with Crippen LogP contribution in [0.4, 0.5) is 0 Å². The van der Waals surface area contributed by atoms with Crippen LogP contribution in [-0.4, -0.2) is 15.8 Å². The first-order valence-electron chi connectivity index (χ1n) is 4.80. The Bertz CT molecular complexity index is 457. The first-order valence-corrected chi connectivity index (χ1v) is 4.80. The molecule has 3 nitrogen and oxygen atoms in total. The van der Waals surface area contributed by atoms with Crippen LogP contribution in [0.1, 0.15) is 21.7 Å². The Labute approximate surface area is 88.4 Å².